The van der Waals surface area contributed by atoms with E-state index in [1.807, 2.05) is 18.2 Å². The van der Waals surface area contributed by atoms with E-state index in [0.717, 1.165) is 30.3 Å². The zero-order valence-corrected chi connectivity index (χ0v) is 15.1. The van der Waals surface area contributed by atoms with Gasteiger partial charge in [0, 0.05) is 18.2 Å². The van der Waals surface area contributed by atoms with Crippen molar-refractivity contribution in [3.63, 3.8) is 0 Å². The molecule has 0 aliphatic heterocycles. The van der Waals surface area contributed by atoms with Gasteiger partial charge in [0.15, 0.2) is 11.5 Å². The quantitative estimate of drug-likeness (QED) is 0.450. The van der Waals surface area contributed by atoms with Crippen molar-refractivity contribution in [2.24, 2.45) is 0 Å². The van der Waals surface area contributed by atoms with Gasteiger partial charge in [-0.05, 0) is 36.5 Å². The van der Waals surface area contributed by atoms with E-state index in [0.29, 0.717) is 5.75 Å². The Kier molecular flexibility index (Phi) is 6.95. The van der Waals surface area contributed by atoms with Crippen LogP contribution in [0.2, 0.25) is 0 Å². The molecule has 1 N–H and O–H groups in total. The van der Waals surface area contributed by atoms with E-state index in [4.69, 9.17) is 9.47 Å². The summed E-state index contributed by atoms with van der Waals surface area (Å²) in [6.45, 7) is 7.37. The fourth-order valence-electron chi connectivity index (χ4n) is 2.46. The van der Waals surface area contributed by atoms with E-state index >= 15 is 0 Å². The molecule has 2 aromatic carbocycles. The number of esters is 2. The molecule has 0 aliphatic carbocycles. The van der Waals surface area contributed by atoms with Gasteiger partial charge >= 0.3 is 11.9 Å². The predicted molar refractivity (Wildman–Crippen MR) is 98.0 cm³/mol. The first-order chi connectivity index (χ1) is 12.1. The SMILES string of the molecule is CCNCCc1ccc2c(OC(=O)CC)c(OC(=O)CC)ccc2c1. The van der Waals surface area contributed by atoms with Gasteiger partial charge in [0.1, 0.15) is 0 Å². The minimum atomic E-state index is -0.365. The van der Waals surface area contributed by atoms with Crippen LogP contribution in [0.3, 0.4) is 0 Å². The fourth-order valence-corrected chi connectivity index (χ4v) is 2.46. The van der Waals surface area contributed by atoms with Crippen molar-refractivity contribution in [3.8, 4) is 11.5 Å². The maximum absolute atomic E-state index is 11.8. The molecule has 0 amide bonds. The van der Waals surface area contributed by atoms with Crippen LogP contribution < -0.4 is 14.8 Å². The number of hydrogen-bond acceptors (Lipinski definition) is 5. The minimum absolute atomic E-state index is 0.248. The maximum Gasteiger partial charge on any atom is 0.311 e. The number of rotatable bonds is 8. The van der Waals surface area contributed by atoms with Crippen molar-refractivity contribution in [2.45, 2.75) is 40.0 Å². The van der Waals surface area contributed by atoms with Gasteiger partial charge in [0.25, 0.3) is 0 Å². The third-order valence-electron chi connectivity index (χ3n) is 3.86. The van der Waals surface area contributed by atoms with Gasteiger partial charge in [-0.25, -0.2) is 0 Å². The predicted octanol–water partition coefficient (Wildman–Crippen LogP) is 3.62. The fraction of sp³-hybridized carbons (Fsp3) is 0.400. The largest absolute Gasteiger partial charge is 0.422 e. The summed E-state index contributed by atoms with van der Waals surface area (Å²) in [7, 11) is 0. The lowest BCUT2D eigenvalue weighted by atomic mass is 10.0. The van der Waals surface area contributed by atoms with E-state index in [2.05, 4.69) is 18.3 Å². The second-order valence-corrected chi connectivity index (χ2v) is 5.71. The van der Waals surface area contributed by atoms with Gasteiger partial charge in [-0.3, -0.25) is 9.59 Å². The third-order valence-corrected chi connectivity index (χ3v) is 3.86. The Morgan fingerprint density at radius 3 is 2.36 bits per heavy atom. The Bertz CT molecular complexity index is 755. The summed E-state index contributed by atoms with van der Waals surface area (Å²) in [5.41, 5.74) is 1.19. The molecule has 0 fully saturated rings. The molecule has 134 valence electrons. The van der Waals surface area contributed by atoms with Crippen molar-refractivity contribution in [1.82, 2.24) is 5.32 Å². The average Bonchev–Trinajstić information content (AvgIpc) is 2.63. The highest BCUT2D eigenvalue weighted by atomic mass is 16.6. The molecule has 0 heterocycles. The summed E-state index contributed by atoms with van der Waals surface area (Å²) in [4.78, 5) is 23.5. The Morgan fingerprint density at radius 1 is 0.960 bits per heavy atom. The average molecular weight is 343 g/mol. The first-order valence-electron chi connectivity index (χ1n) is 8.76. The van der Waals surface area contributed by atoms with Crippen LogP contribution in [-0.2, 0) is 16.0 Å². The van der Waals surface area contributed by atoms with Crippen LogP contribution >= 0.6 is 0 Å². The second kappa shape index (κ2) is 9.18. The van der Waals surface area contributed by atoms with Gasteiger partial charge in [-0.2, -0.15) is 0 Å². The van der Waals surface area contributed by atoms with Crippen LogP contribution in [0.5, 0.6) is 11.5 Å². The van der Waals surface area contributed by atoms with Crippen LogP contribution in [0.1, 0.15) is 39.2 Å². The zero-order chi connectivity index (χ0) is 18.2. The van der Waals surface area contributed by atoms with Crippen molar-refractivity contribution in [3.05, 3.63) is 35.9 Å². The molecule has 0 radical (unpaired) electrons. The Hall–Kier alpha value is -2.40. The number of benzene rings is 2. The molecule has 2 aromatic rings. The number of hydrogen-bond donors (Lipinski definition) is 1. The van der Waals surface area contributed by atoms with Gasteiger partial charge in [-0.1, -0.05) is 45.0 Å². The monoisotopic (exact) mass is 343 g/mol. The molecule has 0 bridgehead atoms. The summed E-state index contributed by atoms with van der Waals surface area (Å²) in [6, 6.07) is 9.56. The van der Waals surface area contributed by atoms with Crippen molar-refractivity contribution in [1.29, 1.82) is 0 Å². The highest BCUT2D eigenvalue weighted by Gasteiger charge is 2.16. The Morgan fingerprint density at radius 2 is 1.68 bits per heavy atom. The highest BCUT2D eigenvalue weighted by molar-refractivity contribution is 5.94. The third kappa shape index (κ3) is 5.03. The number of fused-ring (bicyclic) bond motifs is 1. The molecule has 5 nitrogen and oxygen atoms in total. The zero-order valence-electron chi connectivity index (χ0n) is 15.1. The minimum Gasteiger partial charge on any atom is -0.422 e. The molecular formula is C20H25NO4. The van der Waals surface area contributed by atoms with E-state index in [-0.39, 0.29) is 30.5 Å². The topological polar surface area (TPSA) is 64.6 Å². The van der Waals surface area contributed by atoms with Gasteiger partial charge < -0.3 is 14.8 Å². The molecule has 25 heavy (non-hydrogen) atoms. The van der Waals surface area contributed by atoms with Gasteiger partial charge in [0.2, 0.25) is 0 Å². The lowest BCUT2D eigenvalue weighted by Crippen LogP contribution is -2.16. The van der Waals surface area contributed by atoms with E-state index in [9.17, 15) is 9.59 Å². The van der Waals surface area contributed by atoms with E-state index in [1.165, 1.54) is 5.56 Å². The smallest absolute Gasteiger partial charge is 0.311 e. The molecule has 0 spiro atoms. The number of carbonyl (C=O) groups is 2. The van der Waals surface area contributed by atoms with Crippen LogP contribution in [0, 0.1) is 0 Å². The van der Waals surface area contributed by atoms with Crippen molar-refractivity contribution < 1.29 is 19.1 Å². The lowest BCUT2D eigenvalue weighted by Gasteiger charge is -2.13. The number of likely N-dealkylation sites (N-methyl/N-ethyl adjacent to an activating group) is 1. The summed E-state index contributed by atoms with van der Waals surface area (Å²) in [6.07, 6.45) is 1.42. The van der Waals surface area contributed by atoms with Crippen LogP contribution in [-0.4, -0.2) is 25.0 Å². The number of carbonyl (C=O) groups excluding carboxylic acids is 2. The Balaban J connectivity index is 2.41. The summed E-state index contributed by atoms with van der Waals surface area (Å²) in [5.74, 6) is -0.140. The number of nitrogens with one attached hydrogen (secondary N) is 1. The second-order valence-electron chi connectivity index (χ2n) is 5.71. The molecule has 2 rings (SSSR count). The van der Waals surface area contributed by atoms with Gasteiger partial charge in [0.05, 0.1) is 0 Å². The van der Waals surface area contributed by atoms with Crippen LogP contribution in [0.15, 0.2) is 30.3 Å². The highest BCUT2D eigenvalue weighted by Crippen LogP contribution is 2.36. The normalized spacial score (nSPS) is 10.7. The van der Waals surface area contributed by atoms with E-state index in [1.54, 1.807) is 19.9 Å². The van der Waals surface area contributed by atoms with Crippen molar-refractivity contribution >= 4 is 22.7 Å². The first-order valence-corrected chi connectivity index (χ1v) is 8.76. The molecule has 0 unspecified atom stereocenters. The summed E-state index contributed by atoms with van der Waals surface area (Å²) < 4.78 is 10.8. The van der Waals surface area contributed by atoms with Gasteiger partial charge in [-0.15, -0.1) is 0 Å². The molecule has 0 saturated carbocycles. The lowest BCUT2D eigenvalue weighted by molar-refractivity contribution is -0.136. The molecule has 0 aliphatic rings. The molecular weight excluding hydrogens is 318 g/mol. The standard InChI is InChI=1S/C20H25NO4/c1-4-18(22)24-17-10-8-15-13-14(11-12-21-6-3)7-9-16(15)20(17)25-19(23)5-2/h7-10,13,21H,4-6,11-12H2,1-3H3. The molecule has 0 aromatic heterocycles. The van der Waals surface area contributed by atoms with Crippen LogP contribution in [0.4, 0.5) is 0 Å². The molecule has 0 atom stereocenters. The van der Waals surface area contributed by atoms with Crippen molar-refractivity contribution in [2.75, 3.05) is 13.1 Å². The number of ether oxygens (including phenoxy) is 2. The van der Waals surface area contributed by atoms with E-state index < -0.39 is 0 Å². The Labute approximate surface area is 148 Å². The van der Waals surface area contributed by atoms with Crippen LogP contribution in [0.25, 0.3) is 10.8 Å². The molecule has 5 heteroatoms. The first kappa shape index (κ1) is 18.9. The maximum atomic E-state index is 11.8. The summed E-state index contributed by atoms with van der Waals surface area (Å²) in [5, 5.41) is 5.01. The molecule has 0 saturated heterocycles. The summed E-state index contributed by atoms with van der Waals surface area (Å²) >= 11 is 0.